The molecule has 0 aromatic heterocycles. The zero-order chi connectivity index (χ0) is 12.1. The molecule has 17 heavy (non-hydrogen) atoms. The second-order valence-electron chi connectivity index (χ2n) is 5.42. The molecule has 2 rings (SSSR count). The van der Waals surface area contributed by atoms with E-state index in [1.54, 1.807) is 0 Å². The van der Waals surface area contributed by atoms with Gasteiger partial charge in [-0.3, -0.25) is 9.69 Å². The molecule has 0 aromatic carbocycles. The summed E-state index contributed by atoms with van der Waals surface area (Å²) in [6.07, 6.45) is 6.07. The molecule has 2 N–H and O–H groups in total. The zero-order valence-corrected chi connectivity index (χ0v) is 10.7. The highest BCUT2D eigenvalue weighted by molar-refractivity contribution is 5.78. The van der Waals surface area contributed by atoms with Crippen LogP contribution in [0.3, 0.4) is 0 Å². The molecule has 1 atom stereocenters. The van der Waals surface area contributed by atoms with Crippen LogP contribution in [0.1, 0.15) is 32.1 Å². The SMILES string of the molecule is NCC1CCN(CC(=O)N2CCCCCC2)C1. The predicted molar refractivity (Wildman–Crippen MR) is 68.6 cm³/mol. The van der Waals surface area contributed by atoms with Crippen molar-refractivity contribution >= 4 is 5.91 Å². The topological polar surface area (TPSA) is 49.6 Å². The number of hydrogen-bond donors (Lipinski definition) is 1. The molecule has 0 saturated carbocycles. The lowest BCUT2D eigenvalue weighted by Crippen LogP contribution is -2.40. The van der Waals surface area contributed by atoms with Crippen LogP contribution >= 0.6 is 0 Å². The first-order valence-corrected chi connectivity index (χ1v) is 7.00. The van der Waals surface area contributed by atoms with E-state index in [4.69, 9.17) is 5.73 Å². The van der Waals surface area contributed by atoms with Gasteiger partial charge in [0.05, 0.1) is 6.54 Å². The van der Waals surface area contributed by atoms with Crippen molar-refractivity contribution in [2.24, 2.45) is 11.7 Å². The van der Waals surface area contributed by atoms with Gasteiger partial charge in [0.1, 0.15) is 0 Å². The Morgan fingerprint density at radius 3 is 2.41 bits per heavy atom. The maximum Gasteiger partial charge on any atom is 0.236 e. The normalized spacial score (nSPS) is 27.1. The van der Waals surface area contributed by atoms with Crippen LogP contribution in [0.25, 0.3) is 0 Å². The molecule has 4 heteroatoms. The van der Waals surface area contributed by atoms with E-state index in [0.29, 0.717) is 18.4 Å². The summed E-state index contributed by atoms with van der Waals surface area (Å²) >= 11 is 0. The Morgan fingerprint density at radius 1 is 1.12 bits per heavy atom. The summed E-state index contributed by atoms with van der Waals surface area (Å²) in [5, 5.41) is 0. The van der Waals surface area contributed by atoms with Gasteiger partial charge in [0.25, 0.3) is 0 Å². The zero-order valence-electron chi connectivity index (χ0n) is 10.7. The number of rotatable bonds is 3. The third-order valence-electron chi connectivity index (χ3n) is 4.02. The second kappa shape index (κ2) is 6.36. The van der Waals surface area contributed by atoms with Crippen molar-refractivity contribution in [3.05, 3.63) is 0 Å². The van der Waals surface area contributed by atoms with Crippen LogP contribution in [0, 0.1) is 5.92 Å². The van der Waals surface area contributed by atoms with Crippen LogP contribution < -0.4 is 5.73 Å². The highest BCUT2D eigenvalue weighted by atomic mass is 16.2. The van der Waals surface area contributed by atoms with Gasteiger partial charge in [-0.15, -0.1) is 0 Å². The van der Waals surface area contributed by atoms with Crippen LogP contribution in [-0.4, -0.2) is 55.0 Å². The highest BCUT2D eigenvalue weighted by Crippen LogP contribution is 2.15. The van der Waals surface area contributed by atoms with E-state index in [1.807, 2.05) is 0 Å². The van der Waals surface area contributed by atoms with Crippen molar-refractivity contribution in [3.63, 3.8) is 0 Å². The Balaban J connectivity index is 1.76. The lowest BCUT2D eigenvalue weighted by atomic mass is 10.1. The molecule has 1 amide bonds. The molecule has 0 spiro atoms. The first-order chi connectivity index (χ1) is 8.29. The van der Waals surface area contributed by atoms with Crippen LogP contribution in [-0.2, 0) is 4.79 Å². The molecule has 2 aliphatic heterocycles. The Hall–Kier alpha value is -0.610. The van der Waals surface area contributed by atoms with Crippen molar-refractivity contribution < 1.29 is 4.79 Å². The first kappa shape index (κ1) is 12.8. The highest BCUT2D eigenvalue weighted by Gasteiger charge is 2.25. The summed E-state index contributed by atoms with van der Waals surface area (Å²) in [5.41, 5.74) is 5.67. The number of likely N-dealkylation sites (tertiary alicyclic amines) is 2. The fourth-order valence-electron chi connectivity index (χ4n) is 2.86. The van der Waals surface area contributed by atoms with Gasteiger partial charge in [0.2, 0.25) is 5.91 Å². The molecule has 0 bridgehead atoms. The largest absolute Gasteiger partial charge is 0.342 e. The van der Waals surface area contributed by atoms with E-state index in [9.17, 15) is 4.79 Å². The average molecular weight is 239 g/mol. The lowest BCUT2D eigenvalue weighted by molar-refractivity contribution is -0.132. The minimum atomic E-state index is 0.324. The summed E-state index contributed by atoms with van der Waals surface area (Å²) in [4.78, 5) is 16.5. The first-order valence-electron chi connectivity index (χ1n) is 7.00. The molecule has 1 unspecified atom stereocenters. The molecular formula is C13H25N3O. The molecular weight excluding hydrogens is 214 g/mol. The van der Waals surface area contributed by atoms with Crippen LogP contribution in [0.5, 0.6) is 0 Å². The van der Waals surface area contributed by atoms with Gasteiger partial charge in [-0.25, -0.2) is 0 Å². The standard InChI is InChI=1S/C13H25N3O/c14-9-12-5-8-15(10-12)11-13(17)16-6-3-1-2-4-7-16/h12H,1-11,14H2. The molecule has 0 radical (unpaired) electrons. The van der Waals surface area contributed by atoms with Gasteiger partial charge < -0.3 is 10.6 Å². The van der Waals surface area contributed by atoms with Crippen LogP contribution in [0.4, 0.5) is 0 Å². The third-order valence-corrected chi connectivity index (χ3v) is 4.02. The van der Waals surface area contributed by atoms with Gasteiger partial charge in [-0.05, 0) is 38.3 Å². The van der Waals surface area contributed by atoms with E-state index in [2.05, 4.69) is 9.80 Å². The van der Waals surface area contributed by atoms with Gasteiger partial charge >= 0.3 is 0 Å². The third kappa shape index (κ3) is 3.68. The smallest absolute Gasteiger partial charge is 0.236 e. The summed E-state index contributed by atoms with van der Waals surface area (Å²) in [6.45, 7) is 5.35. The molecule has 98 valence electrons. The van der Waals surface area contributed by atoms with Gasteiger partial charge in [-0.2, -0.15) is 0 Å². The fraction of sp³-hybridized carbons (Fsp3) is 0.923. The summed E-state index contributed by atoms with van der Waals surface area (Å²) < 4.78 is 0. The van der Waals surface area contributed by atoms with Crippen LogP contribution in [0.2, 0.25) is 0 Å². The summed E-state index contributed by atoms with van der Waals surface area (Å²) in [7, 11) is 0. The Bertz CT molecular complexity index is 249. The van der Waals surface area contributed by atoms with E-state index in [0.717, 1.165) is 39.1 Å². The maximum atomic E-state index is 12.2. The van der Waals surface area contributed by atoms with E-state index >= 15 is 0 Å². The second-order valence-corrected chi connectivity index (χ2v) is 5.42. The quantitative estimate of drug-likeness (QED) is 0.787. The number of amides is 1. The van der Waals surface area contributed by atoms with Gasteiger partial charge in [0.15, 0.2) is 0 Å². The van der Waals surface area contributed by atoms with E-state index < -0.39 is 0 Å². The van der Waals surface area contributed by atoms with E-state index in [1.165, 1.54) is 25.7 Å². The summed E-state index contributed by atoms with van der Waals surface area (Å²) in [5.74, 6) is 0.927. The Morgan fingerprint density at radius 2 is 1.82 bits per heavy atom. The van der Waals surface area contributed by atoms with Crippen molar-refractivity contribution in [3.8, 4) is 0 Å². The number of hydrogen-bond acceptors (Lipinski definition) is 3. The monoisotopic (exact) mass is 239 g/mol. The maximum absolute atomic E-state index is 12.2. The van der Waals surface area contributed by atoms with Crippen molar-refractivity contribution in [2.75, 3.05) is 39.3 Å². The molecule has 2 fully saturated rings. The lowest BCUT2D eigenvalue weighted by Gasteiger charge is -2.23. The fourth-order valence-corrected chi connectivity index (χ4v) is 2.86. The summed E-state index contributed by atoms with van der Waals surface area (Å²) in [6, 6.07) is 0. The average Bonchev–Trinajstić information content (AvgIpc) is 2.62. The minimum absolute atomic E-state index is 0.324. The van der Waals surface area contributed by atoms with Crippen molar-refractivity contribution in [1.29, 1.82) is 0 Å². The molecule has 2 heterocycles. The van der Waals surface area contributed by atoms with E-state index in [-0.39, 0.29) is 0 Å². The number of carbonyl (C=O) groups is 1. The van der Waals surface area contributed by atoms with Crippen molar-refractivity contribution in [2.45, 2.75) is 32.1 Å². The number of carbonyl (C=O) groups excluding carboxylic acids is 1. The number of nitrogens with zero attached hydrogens (tertiary/aromatic N) is 2. The number of nitrogens with two attached hydrogens (primary N) is 1. The predicted octanol–water partition coefficient (Wildman–Crippen LogP) is 0.670. The van der Waals surface area contributed by atoms with Gasteiger partial charge in [-0.1, -0.05) is 12.8 Å². The Labute approximate surface area is 104 Å². The molecule has 2 aliphatic rings. The molecule has 0 aromatic rings. The molecule has 0 aliphatic carbocycles. The van der Waals surface area contributed by atoms with Crippen LogP contribution in [0.15, 0.2) is 0 Å². The Kier molecular flexibility index (Phi) is 4.80. The molecule has 4 nitrogen and oxygen atoms in total. The minimum Gasteiger partial charge on any atom is -0.342 e. The van der Waals surface area contributed by atoms with Gasteiger partial charge in [0, 0.05) is 19.6 Å². The van der Waals surface area contributed by atoms with Crippen molar-refractivity contribution in [1.82, 2.24) is 9.80 Å². The molecule has 2 saturated heterocycles.